The summed E-state index contributed by atoms with van der Waals surface area (Å²) in [7, 11) is -3.78. The molecule has 0 spiro atoms. The van der Waals surface area contributed by atoms with Gasteiger partial charge in [0.2, 0.25) is 15.0 Å². The zero-order chi connectivity index (χ0) is 27.9. The van der Waals surface area contributed by atoms with E-state index in [1.165, 1.54) is 41.9 Å². The fraction of sp³-hybridized carbons (Fsp3) is 0.0800. The lowest BCUT2D eigenvalue weighted by molar-refractivity contribution is 0.101. The third-order valence-electron chi connectivity index (χ3n) is 5.68. The minimum absolute atomic E-state index is 0.0403. The van der Waals surface area contributed by atoms with Crippen molar-refractivity contribution in [3.8, 4) is 11.3 Å². The summed E-state index contributed by atoms with van der Waals surface area (Å²) in [4.78, 5) is 41.0. The Hall–Kier alpha value is -4.20. The molecular formula is C25H18ClFN6O4S2. The Kier molecular flexibility index (Phi) is 6.89. The van der Waals surface area contributed by atoms with Gasteiger partial charge in [0.15, 0.2) is 0 Å². The summed E-state index contributed by atoms with van der Waals surface area (Å²) in [6.45, 7) is 1.78. The molecule has 10 nitrogen and oxygen atoms in total. The third kappa shape index (κ3) is 5.37. The molecule has 0 atom stereocenters. The first-order chi connectivity index (χ1) is 18.5. The van der Waals surface area contributed by atoms with E-state index in [-0.39, 0.29) is 16.5 Å². The highest BCUT2D eigenvalue weighted by Crippen LogP contribution is 2.30. The van der Waals surface area contributed by atoms with Gasteiger partial charge in [-0.15, -0.1) is 11.3 Å². The number of carbonyl (C=O) groups excluding carboxylic acids is 2. The maximum absolute atomic E-state index is 13.4. The van der Waals surface area contributed by atoms with Crippen molar-refractivity contribution < 1.29 is 22.4 Å². The highest BCUT2D eigenvalue weighted by molar-refractivity contribution is 7.90. The van der Waals surface area contributed by atoms with Gasteiger partial charge in [-0.3, -0.25) is 9.59 Å². The Morgan fingerprint density at radius 2 is 1.79 bits per heavy atom. The number of imidazole rings is 1. The predicted molar refractivity (Wildman–Crippen MR) is 147 cm³/mol. The largest absolute Gasteiger partial charge is 0.324 e. The number of halogens is 2. The average Bonchev–Trinajstić information content (AvgIpc) is 3.53. The van der Waals surface area contributed by atoms with Gasteiger partial charge < -0.3 is 15.6 Å². The number of aromatic nitrogens is 4. The van der Waals surface area contributed by atoms with Crippen LogP contribution in [0.3, 0.4) is 0 Å². The van der Waals surface area contributed by atoms with Crippen molar-refractivity contribution in [2.45, 2.75) is 12.1 Å². The highest BCUT2D eigenvalue weighted by atomic mass is 35.5. The average molecular weight is 585 g/mol. The third-order valence-corrected chi connectivity index (χ3v) is 7.95. The smallest absolute Gasteiger partial charge is 0.274 e. The SMILES string of the molecule is Cc1ccc(NC(=O)c2[nH]c(S(C)(=O)=O)nc2-c2ccc(F)cc2)cc1NC(=O)c1csc2c(Cl)ncnc12. The van der Waals surface area contributed by atoms with E-state index in [9.17, 15) is 22.4 Å². The van der Waals surface area contributed by atoms with Gasteiger partial charge in [0.05, 0.1) is 15.8 Å². The van der Waals surface area contributed by atoms with Crippen LogP contribution in [0.15, 0.2) is 59.3 Å². The summed E-state index contributed by atoms with van der Waals surface area (Å²) in [6.07, 6.45) is 2.23. The molecule has 0 saturated heterocycles. The number of amides is 2. The monoisotopic (exact) mass is 584 g/mol. The van der Waals surface area contributed by atoms with Crippen LogP contribution in [0.5, 0.6) is 0 Å². The van der Waals surface area contributed by atoms with Crippen molar-refractivity contribution in [1.29, 1.82) is 0 Å². The Morgan fingerprint density at radius 3 is 2.51 bits per heavy atom. The second-order valence-electron chi connectivity index (χ2n) is 8.47. The van der Waals surface area contributed by atoms with E-state index in [1.54, 1.807) is 30.5 Å². The summed E-state index contributed by atoms with van der Waals surface area (Å²) in [5.74, 6) is -1.61. The van der Waals surface area contributed by atoms with Gasteiger partial charge in [0, 0.05) is 28.6 Å². The van der Waals surface area contributed by atoms with Gasteiger partial charge in [-0.1, -0.05) is 17.7 Å². The number of nitrogens with zero attached hydrogens (tertiary/aromatic N) is 3. The molecule has 198 valence electrons. The quantitative estimate of drug-likeness (QED) is 0.235. The number of aromatic amines is 1. The van der Waals surface area contributed by atoms with E-state index in [2.05, 4.69) is 30.6 Å². The van der Waals surface area contributed by atoms with E-state index in [0.717, 1.165) is 11.8 Å². The number of sulfone groups is 1. The number of benzene rings is 2. The van der Waals surface area contributed by atoms with Crippen LogP contribution in [0.25, 0.3) is 21.5 Å². The summed E-state index contributed by atoms with van der Waals surface area (Å²) in [6, 6.07) is 10.0. The number of anilines is 2. The number of rotatable bonds is 6. The first-order valence-corrected chi connectivity index (χ1v) is 14.3. The number of carbonyl (C=O) groups is 2. The molecule has 2 aromatic carbocycles. The number of fused-ring (bicyclic) bond motifs is 1. The number of nitrogens with one attached hydrogen (secondary N) is 3. The molecule has 14 heteroatoms. The van der Waals surface area contributed by atoms with Gasteiger partial charge in [0.25, 0.3) is 11.8 Å². The highest BCUT2D eigenvalue weighted by Gasteiger charge is 2.24. The van der Waals surface area contributed by atoms with E-state index < -0.39 is 32.6 Å². The summed E-state index contributed by atoms with van der Waals surface area (Å²) < 4.78 is 38.2. The van der Waals surface area contributed by atoms with Gasteiger partial charge >= 0.3 is 0 Å². The number of thiophene rings is 1. The van der Waals surface area contributed by atoms with Crippen molar-refractivity contribution in [3.05, 3.63) is 82.0 Å². The molecule has 39 heavy (non-hydrogen) atoms. The van der Waals surface area contributed by atoms with Crippen molar-refractivity contribution in [2.24, 2.45) is 0 Å². The molecule has 0 aliphatic heterocycles. The summed E-state index contributed by atoms with van der Waals surface area (Å²) in [5.41, 5.74) is 2.47. The van der Waals surface area contributed by atoms with Crippen LogP contribution in [0.1, 0.15) is 26.4 Å². The van der Waals surface area contributed by atoms with Crippen molar-refractivity contribution in [2.75, 3.05) is 16.9 Å². The van der Waals surface area contributed by atoms with Gasteiger partial charge in [-0.2, -0.15) is 0 Å². The Balaban J connectivity index is 1.43. The van der Waals surface area contributed by atoms with Crippen molar-refractivity contribution in [1.82, 2.24) is 19.9 Å². The fourth-order valence-electron chi connectivity index (χ4n) is 3.71. The molecule has 0 aliphatic carbocycles. The Bertz CT molecular complexity index is 1870. The van der Waals surface area contributed by atoms with Crippen molar-refractivity contribution >= 4 is 66.2 Å². The van der Waals surface area contributed by atoms with E-state index in [1.807, 2.05) is 0 Å². The molecule has 3 heterocycles. The standard InChI is InChI=1S/C25H18ClFN6O4S2/c1-12-3-8-15(9-17(12)31-23(34)16-10-38-21-19(16)28-11-29-22(21)26)30-24(35)20-18(13-4-6-14(27)7-5-13)32-25(33-20)39(2,36)37/h3-11H,1-2H3,(H,30,35)(H,31,34)(H,32,33). The van der Waals surface area contributed by atoms with Crippen LogP contribution >= 0.6 is 22.9 Å². The summed E-state index contributed by atoms with van der Waals surface area (Å²) in [5, 5.41) is 6.99. The van der Waals surface area contributed by atoms with E-state index in [0.29, 0.717) is 32.7 Å². The molecule has 0 radical (unpaired) electrons. The van der Waals surface area contributed by atoms with Crippen LogP contribution in [-0.2, 0) is 9.84 Å². The minimum Gasteiger partial charge on any atom is -0.324 e. The molecule has 0 aliphatic rings. The Labute approximate surface area is 230 Å². The molecule has 0 unspecified atom stereocenters. The molecule has 0 saturated carbocycles. The lowest BCUT2D eigenvalue weighted by Gasteiger charge is -2.11. The number of H-pyrrole nitrogens is 1. The van der Waals surface area contributed by atoms with Gasteiger partial charge in [-0.05, 0) is 48.9 Å². The normalized spacial score (nSPS) is 11.5. The molecule has 0 fully saturated rings. The van der Waals surface area contributed by atoms with Crippen LogP contribution in [0, 0.1) is 12.7 Å². The maximum atomic E-state index is 13.4. The van der Waals surface area contributed by atoms with Crippen LogP contribution in [-0.4, -0.2) is 46.4 Å². The zero-order valence-corrected chi connectivity index (χ0v) is 22.6. The van der Waals surface area contributed by atoms with Gasteiger partial charge in [0.1, 0.15) is 28.7 Å². The molecule has 3 aromatic heterocycles. The number of hydrogen-bond acceptors (Lipinski definition) is 8. The van der Waals surface area contributed by atoms with Gasteiger partial charge in [-0.25, -0.2) is 27.8 Å². The molecule has 5 aromatic rings. The second-order valence-corrected chi connectivity index (χ2v) is 11.6. The van der Waals surface area contributed by atoms with Crippen LogP contribution in [0.2, 0.25) is 5.15 Å². The summed E-state index contributed by atoms with van der Waals surface area (Å²) >= 11 is 7.34. The second kappa shape index (κ2) is 10.2. The molecule has 2 amide bonds. The fourth-order valence-corrected chi connectivity index (χ4v) is 5.40. The maximum Gasteiger partial charge on any atom is 0.274 e. The number of aryl methyl sites for hydroxylation is 1. The predicted octanol–water partition coefficient (Wildman–Crippen LogP) is 5.09. The zero-order valence-electron chi connectivity index (χ0n) is 20.2. The molecular weight excluding hydrogens is 567 g/mol. The lowest BCUT2D eigenvalue weighted by atomic mass is 10.1. The van der Waals surface area contributed by atoms with E-state index >= 15 is 0 Å². The Morgan fingerprint density at radius 1 is 1.05 bits per heavy atom. The lowest BCUT2D eigenvalue weighted by Crippen LogP contribution is -2.15. The first-order valence-electron chi connectivity index (χ1n) is 11.2. The van der Waals surface area contributed by atoms with Crippen LogP contribution in [0.4, 0.5) is 15.8 Å². The number of hydrogen-bond donors (Lipinski definition) is 3. The minimum atomic E-state index is -3.78. The topological polar surface area (TPSA) is 147 Å². The van der Waals surface area contributed by atoms with Crippen LogP contribution < -0.4 is 10.6 Å². The van der Waals surface area contributed by atoms with E-state index in [4.69, 9.17) is 11.6 Å². The first kappa shape index (κ1) is 26.4. The molecule has 3 N–H and O–H groups in total. The van der Waals surface area contributed by atoms with Crippen molar-refractivity contribution in [3.63, 3.8) is 0 Å². The molecule has 0 bridgehead atoms. The molecule has 5 rings (SSSR count).